The van der Waals surface area contributed by atoms with Crippen molar-refractivity contribution in [3.05, 3.63) is 0 Å². The lowest BCUT2D eigenvalue weighted by molar-refractivity contribution is 0.179. The van der Waals surface area contributed by atoms with E-state index in [0.29, 0.717) is 17.9 Å². The summed E-state index contributed by atoms with van der Waals surface area (Å²) in [7, 11) is -0.696. The Kier molecular flexibility index (Phi) is 7.32. The Balaban J connectivity index is 2.39. The molecule has 0 bridgehead atoms. The smallest absolute Gasteiger partial charge is 0.0510 e. The van der Waals surface area contributed by atoms with Gasteiger partial charge in [0.2, 0.25) is 0 Å². The lowest BCUT2D eigenvalue weighted by Gasteiger charge is -2.23. The summed E-state index contributed by atoms with van der Waals surface area (Å²) in [5.74, 6) is 2.74. The van der Waals surface area contributed by atoms with Gasteiger partial charge in [-0.1, -0.05) is 27.2 Å². The van der Waals surface area contributed by atoms with Crippen molar-refractivity contribution in [3.63, 3.8) is 0 Å². The van der Waals surface area contributed by atoms with Crippen molar-refractivity contribution in [1.29, 1.82) is 0 Å². The summed E-state index contributed by atoms with van der Waals surface area (Å²) >= 11 is 0. The molecule has 0 radical (unpaired) electrons. The van der Waals surface area contributed by atoms with Gasteiger partial charge in [-0.3, -0.25) is 4.21 Å². The molecule has 1 N–H and O–H groups in total. The second-order valence-electron chi connectivity index (χ2n) is 5.07. The van der Waals surface area contributed by atoms with Crippen LogP contribution in [-0.4, -0.2) is 41.5 Å². The van der Waals surface area contributed by atoms with Crippen LogP contribution in [-0.2, 0) is 15.5 Å². The van der Waals surface area contributed by atoms with Crippen LogP contribution >= 0.6 is 0 Å². The van der Waals surface area contributed by atoms with Gasteiger partial charge in [0, 0.05) is 40.9 Å². The van der Waals surface area contributed by atoms with Gasteiger partial charge in [-0.05, 0) is 18.9 Å². The van der Waals surface area contributed by atoms with E-state index in [0.717, 1.165) is 44.1 Å². The first-order valence-corrected chi connectivity index (χ1v) is 8.32. The van der Waals surface area contributed by atoms with Gasteiger partial charge in [0.05, 0.1) is 6.61 Å². The summed E-state index contributed by atoms with van der Waals surface area (Å²) in [5, 5.41) is 3.47. The largest absolute Gasteiger partial charge is 0.381 e. The maximum absolute atomic E-state index is 12.1. The van der Waals surface area contributed by atoms with Gasteiger partial charge in [0.25, 0.3) is 0 Å². The van der Waals surface area contributed by atoms with Gasteiger partial charge in [0.15, 0.2) is 0 Å². The number of nitrogens with one attached hydrogen (secondary N) is 1. The lowest BCUT2D eigenvalue weighted by atomic mass is 10.0. The van der Waals surface area contributed by atoms with Crippen molar-refractivity contribution in [1.82, 2.24) is 5.32 Å². The van der Waals surface area contributed by atoms with Crippen molar-refractivity contribution in [3.8, 4) is 0 Å². The van der Waals surface area contributed by atoms with Gasteiger partial charge < -0.3 is 10.1 Å². The highest BCUT2D eigenvalue weighted by atomic mass is 32.2. The highest BCUT2D eigenvalue weighted by molar-refractivity contribution is 7.85. The molecule has 0 amide bonds. The Hall–Kier alpha value is 0.0700. The summed E-state index contributed by atoms with van der Waals surface area (Å²) < 4.78 is 17.5. The van der Waals surface area contributed by atoms with E-state index in [1.165, 1.54) is 0 Å². The normalized spacial score (nSPS) is 25.7. The average Bonchev–Trinajstić information content (AvgIpc) is 2.81. The molecule has 1 aliphatic rings. The summed E-state index contributed by atoms with van der Waals surface area (Å²) in [5.41, 5.74) is 0. The Labute approximate surface area is 108 Å². The molecule has 0 aromatic carbocycles. The predicted octanol–water partition coefficient (Wildman–Crippen LogP) is 1.80. The zero-order chi connectivity index (χ0) is 12.7. The third kappa shape index (κ3) is 5.49. The predicted molar refractivity (Wildman–Crippen MR) is 73.7 cm³/mol. The number of hydrogen-bond donors (Lipinski definition) is 1. The van der Waals surface area contributed by atoms with Crippen LogP contribution in [0, 0.1) is 11.8 Å². The van der Waals surface area contributed by atoms with E-state index in [9.17, 15) is 4.21 Å². The molecular weight excluding hydrogens is 234 g/mol. The quantitative estimate of drug-likeness (QED) is 0.724. The fourth-order valence-corrected chi connectivity index (χ4v) is 3.99. The molecule has 17 heavy (non-hydrogen) atoms. The molecule has 102 valence electrons. The van der Waals surface area contributed by atoms with Crippen molar-refractivity contribution < 1.29 is 8.95 Å². The van der Waals surface area contributed by atoms with E-state index in [1.807, 2.05) is 0 Å². The van der Waals surface area contributed by atoms with Gasteiger partial charge in [0.1, 0.15) is 0 Å². The van der Waals surface area contributed by atoms with Gasteiger partial charge in [-0.25, -0.2) is 0 Å². The minimum absolute atomic E-state index is 0.368. The summed E-state index contributed by atoms with van der Waals surface area (Å²) in [6.07, 6.45) is 2.22. The standard InChI is InChI=1S/C13H27NO2S/c1-4-11(3)9-17(15)10-13(14-5-2)12-6-7-16-8-12/h11-14H,4-10H2,1-3H3. The molecule has 0 aromatic rings. The molecule has 1 heterocycles. The first-order chi connectivity index (χ1) is 8.17. The molecule has 0 aromatic heterocycles. The second-order valence-corrected chi connectivity index (χ2v) is 6.62. The number of ether oxygens (including phenoxy) is 1. The monoisotopic (exact) mass is 261 g/mol. The minimum atomic E-state index is -0.696. The summed E-state index contributed by atoms with van der Waals surface area (Å²) in [6.45, 7) is 9.10. The zero-order valence-electron chi connectivity index (χ0n) is 11.4. The third-order valence-corrected chi connectivity index (χ3v) is 5.20. The van der Waals surface area contributed by atoms with Crippen LogP contribution in [0.25, 0.3) is 0 Å². The summed E-state index contributed by atoms with van der Waals surface area (Å²) in [4.78, 5) is 0. The highest BCUT2D eigenvalue weighted by Gasteiger charge is 2.26. The highest BCUT2D eigenvalue weighted by Crippen LogP contribution is 2.18. The third-order valence-electron chi connectivity index (χ3n) is 3.53. The Bertz CT molecular complexity index is 229. The molecule has 0 saturated carbocycles. The van der Waals surface area contributed by atoms with Gasteiger partial charge in [-0.2, -0.15) is 0 Å². The van der Waals surface area contributed by atoms with Gasteiger partial charge >= 0.3 is 0 Å². The average molecular weight is 261 g/mol. The van der Waals surface area contributed by atoms with Crippen molar-refractivity contribution in [2.24, 2.45) is 11.8 Å². The topological polar surface area (TPSA) is 38.3 Å². The second kappa shape index (κ2) is 8.22. The first kappa shape index (κ1) is 15.1. The van der Waals surface area contributed by atoms with Crippen LogP contribution < -0.4 is 5.32 Å². The minimum Gasteiger partial charge on any atom is -0.381 e. The fourth-order valence-electron chi connectivity index (χ4n) is 2.20. The van der Waals surface area contributed by atoms with E-state index in [1.54, 1.807) is 0 Å². The van der Waals surface area contributed by atoms with Crippen LogP contribution in [0.4, 0.5) is 0 Å². The molecule has 0 spiro atoms. The molecule has 3 nitrogen and oxygen atoms in total. The molecule has 4 unspecified atom stereocenters. The van der Waals surface area contributed by atoms with E-state index < -0.39 is 10.8 Å². The maximum Gasteiger partial charge on any atom is 0.0510 e. The van der Waals surface area contributed by atoms with Crippen molar-refractivity contribution >= 4 is 10.8 Å². The molecule has 4 heteroatoms. The molecular formula is C13H27NO2S. The van der Waals surface area contributed by atoms with E-state index in [4.69, 9.17) is 4.74 Å². The van der Waals surface area contributed by atoms with Gasteiger partial charge in [-0.15, -0.1) is 0 Å². The van der Waals surface area contributed by atoms with Crippen molar-refractivity contribution in [2.45, 2.75) is 39.7 Å². The zero-order valence-corrected chi connectivity index (χ0v) is 12.2. The molecule has 1 saturated heterocycles. The fraction of sp³-hybridized carbons (Fsp3) is 1.00. The number of hydrogen-bond acceptors (Lipinski definition) is 3. The Morgan fingerprint density at radius 2 is 2.18 bits per heavy atom. The van der Waals surface area contributed by atoms with Crippen LogP contribution in [0.3, 0.4) is 0 Å². The van der Waals surface area contributed by atoms with E-state index in [-0.39, 0.29) is 0 Å². The summed E-state index contributed by atoms with van der Waals surface area (Å²) in [6, 6.07) is 0.368. The van der Waals surface area contributed by atoms with Crippen LogP contribution in [0.15, 0.2) is 0 Å². The van der Waals surface area contributed by atoms with Crippen LogP contribution in [0.1, 0.15) is 33.6 Å². The van der Waals surface area contributed by atoms with Crippen LogP contribution in [0.2, 0.25) is 0 Å². The Morgan fingerprint density at radius 3 is 2.71 bits per heavy atom. The van der Waals surface area contributed by atoms with Crippen LogP contribution in [0.5, 0.6) is 0 Å². The molecule has 4 atom stereocenters. The van der Waals surface area contributed by atoms with E-state index >= 15 is 0 Å². The molecule has 1 rings (SSSR count). The SMILES string of the molecule is CCNC(CS(=O)CC(C)CC)C1CCOC1. The first-order valence-electron chi connectivity index (χ1n) is 6.83. The lowest BCUT2D eigenvalue weighted by Crippen LogP contribution is -2.41. The molecule has 1 aliphatic heterocycles. The maximum atomic E-state index is 12.1. The molecule has 0 aliphatic carbocycles. The molecule has 1 fully saturated rings. The number of rotatable bonds is 8. The Morgan fingerprint density at radius 1 is 1.41 bits per heavy atom. The van der Waals surface area contributed by atoms with Crippen molar-refractivity contribution in [2.75, 3.05) is 31.3 Å². The van der Waals surface area contributed by atoms with E-state index in [2.05, 4.69) is 26.1 Å².